The van der Waals surface area contributed by atoms with Crippen LogP contribution in [0.25, 0.3) is 0 Å². The van der Waals surface area contributed by atoms with E-state index >= 15 is 0 Å². The summed E-state index contributed by atoms with van der Waals surface area (Å²) in [6, 6.07) is -1.94. The molecule has 0 fully saturated rings. The van der Waals surface area contributed by atoms with E-state index in [2.05, 4.69) is 5.32 Å². The molecular formula is C16H30N2O6. The van der Waals surface area contributed by atoms with E-state index in [-0.39, 0.29) is 12.8 Å². The largest absolute Gasteiger partial charge is 0.480 e. The van der Waals surface area contributed by atoms with Crippen molar-refractivity contribution in [3.63, 3.8) is 0 Å². The molecule has 0 aliphatic rings. The Hall–Kier alpha value is -1.83. The average molecular weight is 346 g/mol. The van der Waals surface area contributed by atoms with Gasteiger partial charge in [0, 0.05) is 0 Å². The lowest BCUT2D eigenvalue weighted by Crippen LogP contribution is -2.43. The van der Waals surface area contributed by atoms with E-state index in [1.54, 1.807) is 41.5 Å². The maximum Gasteiger partial charge on any atom is 0.408 e. The van der Waals surface area contributed by atoms with Gasteiger partial charge in [-0.1, -0.05) is 0 Å². The number of rotatable bonds is 7. The summed E-state index contributed by atoms with van der Waals surface area (Å²) >= 11 is 0. The molecule has 0 saturated carbocycles. The van der Waals surface area contributed by atoms with Crippen molar-refractivity contribution in [2.45, 2.75) is 84.1 Å². The van der Waals surface area contributed by atoms with Crippen molar-refractivity contribution >= 4 is 18.0 Å². The maximum atomic E-state index is 11.7. The van der Waals surface area contributed by atoms with Gasteiger partial charge in [-0.25, -0.2) is 9.59 Å². The Morgan fingerprint density at radius 1 is 1.00 bits per heavy atom. The Morgan fingerprint density at radius 3 is 1.92 bits per heavy atom. The molecule has 0 rings (SSSR count). The number of hydrogen-bond donors (Lipinski definition) is 3. The third-order valence-electron chi connectivity index (χ3n) is 2.71. The number of ether oxygens (including phenoxy) is 2. The fraction of sp³-hybridized carbons (Fsp3) is 0.812. The maximum absolute atomic E-state index is 11.7. The zero-order valence-electron chi connectivity index (χ0n) is 15.3. The summed E-state index contributed by atoms with van der Waals surface area (Å²) in [4.78, 5) is 34.6. The van der Waals surface area contributed by atoms with Crippen LogP contribution in [-0.2, 0) is 19.1 Å². The van der Waals surface area contributed by atoms with Gasteiger partial charge in [0.1, 0.15) is 23.3 Å². The minimum Gasteiger partial charge on any atom is -0.480 e. The SMILES string of the molecule is CC(C)(C)OC(=O)N[C@H](CCCC(N)C(=O)OC(C)(C)C)C(=O)O. The molecule has 1 amide bonds. The first kappa shape index (κ1) is 22.2. The van der Waals surface area contributed by atoms with Crippen LogP contribution in [0.5, 0.6) is 0 Å². The number of nitrogens with two attached hydrogens (primary N) is 1. The van der Waals surface area contributed by atoms with Crippen LogP contribution in [0, 0.1) is 0 Å². The molecule has 0 spiro atoms. The standard InChI is InChI=1S/C16H30N2O6/c1-15(2,3)23-13(21)10(17)8-7-9-11(12(19)20)18-14(22)24-16(4,5)6/h10-11H,7-9,17H2,1-6H3,(H,18,22)(H,19,20)/t10?,11-/m1/s1. The lowest BCUT2D eigenvalue weighted by atomic mass is 10.1. The fourth-order valence-corrected chi connectivity index (χ4v) is 1.74. The minimum atomic E-state index is -1.17. The number of nitrogens with one attached hydrogen (secondary N) is 1. The molecule has 0 saturated heterocycles. The molecule has 2 atom stereocenters. The lowest BCUT2D eigenvalue weighted by Gasteiger charge is -2.23. The van der Waals surface area contributed by atoms with Crippen LogP contribution in [0.1, 0.15) is 60.8 Å². The Bertz CT molecular complexity index is 450. The Morgan fingerprint density at radius 2 is 1.50 bits per heavy atom. The second-order valence-electron chi connectivity index (χ2n) is 7.61. The topological polar surface area (TPSA) is 128 Å². The fourth-order valence-electron chi connectivity index (χ4n) is 1.74. The van der Waals surface area contributed by atoms with Crippen molar-refractivity contribution in [1.82, 2.24) is 5.32 Å². The predicted molar refractivity (Wildman–Crippen MR) is 88.5 cm³/mol. The van der Waals surface area contributed by atoms with Crippen molar-refractivity contribution in [2.75, 3.05) is 0 Å². The number of amides is 1. The molecule has 0 aromatic heterocycles. The van der Waals surface area contributed by atoms with Crippen molar-refractivity contribution in [3.05, 3.63) is 0 Å². The molecule has 8 nitrogen and oxygen atoms in total. The summed E-state index contributed by atoms with van der Waals surface area (Å²) < 4.78 is 10.2. The van der Waals surface area contributed by atoms with E-state index in [0.717, 1.165) is 0 Å². The Labute approximate surface area is 143 Å². The molecule has 4 N–H and O–H groups in total. The molecule has 140 valence electrons. The van der Waals surface area contributed by atoms with Crippen LogP contribution >= 0.6 is 0 Å². The number of carbonyl (C=O) groups is 3. The van der Waals surface area contributed by atoms with E-state index in [1.807, 2.05) is 0 Å². The van der Waals surface area contributed by atoms with Crippen molar-refractivity contribution < 1.29 is 29.0 Å². The monoisotopic (exact) mass is 346 g/mol. The summed E-state index contributed by atoms with van der Waals surface area (Å²) in [5, 5.41) is 11.5. The number of carboxylic acids is 1. The molecule has 0 bridgehead atoms. The summed E-state index contributed by atoms with van der Waals surface area (Å²) in [6.45, 7) is 10.3. The van der Waals surface area contributed by atoms with Gasteiger partial charge in [0.25, 0.3) is 0 Å². The van der Waals surface area contributed by atoms with Gasteiger partial charge in [0.05, 0.1) is 0 Å². The summed E-state index contributed by atoms with van der Waals surface area (Å²) in [6.07, 6.45) is -0.0706. The number of esters is 1. The lowest BCUT2D eigenvalue weighted by molar-refractivity contribution is -0.156. The number of hydrogen-bond acceptors (Lipinski definition) is 6. The molecule has 1 unspecified atom stereocenters. The van der Waals surface area contributed by atoms with Crippen LogP contribution in [0.4, 0.5) is 4.79 Å². The summed E-state index contributed by atoms with van der Waals surface area (Å²) in [5.41, 5.74) is 4.39. The zero-order chi connectivity index (χ0) is 19.1. The van der Waals surface area contributed by atoms with Crippen LogP contribution in [-0.4, -0.2) is 46.4 Å². The van der Waals surface area contributed by atoms with Crippen LogP contribution in [0.15, 0.2) is 0 Å². The van der Waals surface area contributed by atoms with Gasteiger partial charge < -0.3 is 25.6 Å². The van der Waals surface area contributed by atoms with Crippen molar-refractivity contribution in [3.8, 4) is 0 Å². The first-order chi connectivity index (χ1) is 10.7. The molecule has 8 heteroatoms. The Kier molecular flexibility index (Phi) is 8.19. The van der Waals surface area contributed by atoms with Crippen molar-refractivity contribution in [2.24, 2.45) is 5.73 Å². The zero-order valence-corrected chi connectivity index (χ0v) is 15.3. The van der Waals surface area contributed by atoms with E-state index in [0.29, 0.717) is 6.42 Å². The second-order valence-corrected chi connectivity index (χ2v) is 7.61. The molecule has 0 heterocycles. The highest BCUT2D eigenvalue weighted by molar-refractivity contribution is 5.80. The third-order valence-corrected chi connectivity index (χ3v) is 2.71. The average Bonchev–Trinajstić information content (AvgIpc) is 2.32. The summed E-state index contributed by atoms with van der Waals surface area (Å²) in [5.74, 6) is -1.71. The van der Waals surface area contributed by atoms with Gasteiger partial charge in [0.2, 0.25) is 0 Å². The van der Waals surface area contributed by atoms with Crippen LogP contribution in [0.3, 0.4) is 0 Å². The first-order valence-corrected chi connectivity index (χ1v) is 7.92. The van der Waals surface area contributed by atoms with Gasteiger partial charge in [-0.15, -0.1) is 0 Å². The van der Waals surface area contributed by atoms with E-state index < -0.39 is 41.3 Å². The molecule has 0 aromatic rings. The second kappa shape index (κ2) is 8.86. The minimum absolute atomic E-state index is 0.130. The molecular weight excluding hydrogens is 316 g/mol. The number of alkyl carbamates (subject to hydrolysis) is 1. The van der Waals surface area contributed by atoms with Gasteiger partial charge in [-0.05, 0) is 60.8 Å². The van der Waals surface area contributed by atoms with Gasteiger partial charge >= 0.3 is 18.0 Å². The predicted octanol–water partition coefficient (Wildman–Crippen LogP) is 1.80. The summed E-state index contributed by atoms with van der Waals surface area (Å²) in [7, 11) is 0. The van der Waals surface area contributed by atoms with Crippen LogP contribution < -0.4 is 11.1 Å². The normalized spacial score (nSPS) is 14.5. The third kappa shape index (κ3) is 10.8. The van der Waals surface area contributed by atoms with Crippen LogP contribution in [0.2, 0.25) is 0 Å². The van der Waals surface area contributed by atoms with Gasteiger partial charge in [0.15, 0.2) is 0 Å². The highest BCUT2D eigenvalue weighted by Gasteiger charge is 2.25. The molecule has 24 heavy (non-hydrogen) atoms. The smallest absolute Gasteiger partial charge is 0.408 e. The highest BCUT2D eigenvalue weighted by atomic mass is 16.6. The molecule has 0 radical (unpaired) electrons. The molecule has 0 aliphatic heterocycles. The van der Waals surface area contributed by atoms with Crippen molar-refractivity contribution in [1.29, 1.82) is 0 Å². The Balaban J connectivity index is 4.39. The van der Waals surface area contributed by atoms with Gasteiger partial charge in [-0.2, -0.15) is 0 Å². The molecule has 0 aliphatic carbocycles. The number of carboxylic acid groups (broad SMARTS) is 1. The number of carbonyl (C=O) groups excluding carboxylic acids is 2. The quantitative estimate of drug-likeness (QED) is 0.600. The van der Waals surface area contributed by atoms with E-state index in [9.17, 15) is 14.4 Å². The van der Waals surface area contributed by atoms with E-state index in [1.165, 1.54) is 0 Å². The van der Waals surface area contributed by atoms with E-state index in [4.69, 9.17) is 20.3 Å². The highest BCUT2D eigenvalue weighted by Crippen LogP contribution is 2.12. The van der Waals surface area contributed by atoms with Gasteiger partial charge in [-0.3, -0.25) is 4.79 Å². The first-order valence-electron chi connectivity index (χ1n) is 7.92. The number of aliphatic carboxylic acids is 1. The molecule has 0 aromatic carbocycles.